The van der Waals surface area contributed by atoms with Crippen molar-refractivity contribution < 1.29 is 23.7 Å². The van der Waals surface area contributed by atoms with Gasteiger partial charge in [-0.3, -0.25) is 0 Å². The molecule has 4 N–H and O–H groups in total. The van der Waals surface area contributed by atoms with Gasteiger partial charge in [0, 0.05) is 27.2 Å². The number of urea groups is 1. The summed E-state index contributed by atoms with van der Waals surface area (Å²) < 4.78 is 20.2. The molecule has 0 aliphatic rings. The van der Waals surface area contributed by atoms with E-state index in [-0.39, 0.29) is 0 Å². The molecule has 0 aliphatic carbocycles. The molecule has 7 nitrogen and oxygen atoms in total. The zero-order chi connectivity index (χ0) is 16.1. The Bertz CT molecular complexity index is 451. The Labute approximate surface area is 124 Å². The van der Waals surface area contributed by atoms with Crippen molar-refractivity contribution in [2.24, 2.45) is 11.5 Å². The normalized spacial score (nSPS) is 9.67. The van der Waals surface area contributed by atoms with E-state index in [2.05, 4.69) is 23.5 Å². The van der Waals surface area contributed by atoms with Gasteiger partial charge in [-0.05, 0) is 5.56 Å². The quantitative estimate of drug-likeness (QED) is 0.617. The lowest BCUT2D eigenvalue weighted by Gasteiger charge is -2.21. The number of benzene rings is 1. The van der Waals surface area contributed by atoms with Crippen molar-refractivity contribution in [3.8, 4) is 12.0 Å². The maximum absolute atomic E-state index is 9.00. The highest BCUT2D eigenvalue weighted by Gasteiger charge is 2.26. The standard InChI is InChI=1S/C13H16O4.CH4N2O/c1-14-13(15-2,16-3)9-10-17-11-12-7-5-4-6-8-12;2-1(3)4/h4-8H,11H2,1-3H3;(H4,2,3,4). The lowest BCUT2D eigenvalue weighted by Crippen LogP contribution is -2.34. The summed E-state index contributed by atoms with van der Waals surface area (Å²) in [7, 11) is 4.33. The van der Waals surface area contributed by atoms with Crippen LogP contribution < -0.4 is 11.5 Å². The zero-order valence-corrected chi connectivity index (χ0v) is 12.3. The minimum atomic E-state index is -1.36. The predicted octanol–water partition coefficient (Wildman–Crippen LogP) is 0.781. The first-order chi connectivity index (χ1) is 9.99. The Kier molecular flexibility index (Phi) is 9.37. The molecular formula is C14H20N2O5. The van der Waals surface area contributed by atoms with Crippen LogP contribution in [0.2, 0.25) is 0 Å². The number of methoxy groups -OCH3 is 3. The summed E-state index contributed by atoms with van der Waals surface area (Å²) in [6.07, 6.45) is 2.50. The summed E-state index contributed by atoms with van der Waals surface area (Å²) >= 11 is 0. The Hall–Kier alpha value is -2.27. The number of carbonyl (C=O) groups is 1. The fourth-order valence-electron chi connectivity index (χ4n) is 1.20. The van der Waals surface area contributed by atoms with Crippen molar-refractivity contribution in [1.82, 2.24) is 0 Å². The monoisotopic (exact) mass is 296 g/mol. The van der Waals surface area contributed by atoms with Gasteiger partial charge in [0.25, 0.3) is 0 Å². The van der Waals surface area contributed by atoms with E-state index in [1.807, 2.05) is 30.3 Å². The third-order valence-electron chi connectivity index (χ3n) is 2.16. The van der Waals surface area contributed by atoms with Gasteiger partial charge < -0.3 is 30.4 Å². The number of primary amides is 2. The molecule has 1 aromatic rings. The van der Waals surface area contributed by atoms with Gasteiger partial charge in [0.15, 0.2) is 0 Å². The van der Waals surface area contributed by atoms with Gasteiger partial charge in [-0.15, -0.1) is 0 Å². The van der Waals surface area contributed by atoms with Gasteiger partial charge in [-0.1, -0.05) is 30.3 Å². The second-order valence-corrected chi connectivity index (χ2v) is 3.57. The second kappa shape index (κ2) is 10.5. The number of nitrogens with two attached hydrogens (primary N) is 2. The number of ether oxygens (including phenoxy) is 4. The average molecular weight is 296 g/mol. The SMILES string of the molecule is COC(C#COCc1ccccc1)(OC)OC.NC(N)=O. The molecule has 0 fully saturated rings. The Morgan fingerprint density at radius 2 is 1.57 bits per heavy atom. The smallest absolute Gasteiger partial charge is 0.355 e. The fourth-order valence-corrected chi connectivity index (χ4v) is 1.20. The molecule has 0 radical (unpaired) electrons. The Balaban J connectivity index is 0.000000885. The molecule has 0 aromatic heterocycles. The van der Waals surface area contributed by atoms with E-state index in [0.717, 1.165) is 5.56 Å². The summed E-state index contributed by atoms with van der Waals surface area (Å²) in [6, 6.07) is 8.91. The van der Waals surface area contributed by atoms with Crippen LogP contribution in [-0.2, 0) is 25.6 Å². The van der Waals surface area contributed by atoms with Crippen molar-refractivity contribution in [3.05, 3.63) is 35.9 Å². The van der Waals surface area contributed by atoms with Gasteiger partial charge in [0.2, 0.25) is 0 Å². The summed E-state index contributed by atoms with van der Waals surface area (Å²) in [5.41, 5.74) is 9.54. The molecule has 116 valence electrons. The van der Waals surface area contributed by atoms with Crippen molar-refractivity contribution >= 4 is 6.03 Å². The molecular weight excluding hydrogens is 276 g/mol. The van der Waals surface area contributed by atoms with Crippen LogP contribution >= 0.6 is 0 Å². The molecule has 0 saturated carbocycles. The third kappa shape index (κ3) is 8.49. The molecule has 2 amide bonds. The predicted molar refractivity (Wildman–Crippen MR) is 76.5 cm³/mol. The van der Waals surface area contributed by atoms with E-state index < -0.39 is 12.0 Å². The van der Waals surface area contributed by atoms with Crippen LogP contribution in [0.4, 0.5) is 4.79 Å². The van der Waals surface area contributed by atoms with E-state index in [1.54, 1.807) is 0 Å². The lowest BCUT2D eigenvalue weighted by atomic mass is 10.2. The molecule has 0 heterocycles. The minimum absolute atomic E-state index is 0.404. The molecule has 0 unspecified atom stereocenters. The maximum Gasteiger partial charge on any atom is 0.355 e. The van der Waals surface area contributed by atoms with Gasteiger partial charge in [0.05, 0.1) is 0 Å². The topological polar surface area (TPSA) is 106 Å². The highest BCUT2D eigenvalue weighted by Crippen LogP contribution is 2.09. The zero-order valence-electron chi connectivity index (χ0n) is 12.3. The van der Waals surface area contributed by atoms with Crippen LogP contribution in [0, 0.1) is 12.0 Å². The molecule has 0 spiro atoms. The van der Waals surface area contributed by atoms with Crippen molar-refractivity contribution in [3.63, 3.8) is 0 Å². The third-order valence-corrected chi connectivity index (χ3v) is 2.16. The van der Waals surface area contributed by atoms with E-state index in [0.29, 0.717) is 6.61 Å². The van der Waals surface area contributed by atoms with Crippen LogP contribution in [0.3, 0.4) is 0 Å². The van der Waals surface area contributed by atoms with Crippen molar-refractivity contribution in [2.45, 2.75) is 12.6 Å². The Morgan fingerprint density at radius 3 is 2.00 bits per heavy atom. The summed E-state index contributed by atoms with van der Waals surface area (Å²) in [5.74, 6) is 1.25. The summed E-state index contributed by atoms with van der Waals surface area (Å²) in [4.78, 5) is 9.00. The lowest BCUT2D eigenvalue weighted by molar-refractivity contribution is -0.311. The van der Waals surface area contributed by atoms with E-state index in [9.17, 15) is 0 Å². The van der Waals surface area contributed by atoms with Crippen LogP contribution in [0.1, 0.15) is 5.56 Å². The second-order valence-electron chi connectivity index (χ2n) is 3.57. The van der Waals surface area contributed by atoms with Gasteiger partial charge in [-0.25, -0.2) is 4.79 Å². The molecule has 0 aliphatic heterocycles. The first-order valence-electron chi connectivity index (χ1n) is 5.88. The Morgan fingerprint density at radius 1 is 1.10 bits per heavy atom. The van der Waals surface area contributed by atoms with Crippen molar-refractivity contribution in [1.29, 1.82) is 0 Å². The van der Waals surface area contributed by atoms with Gasteiger partial charge in [-0.2, -0.15) is 0 Å². The minimum Gasteiger partial charge on any atom is -0.442 e. The molecule has 0 bridgehead atoms. The van der Waals surface area contributed by atoms with Gasteiger partial charge >= 0.3 is 12.0 Å². The molecule has 7 heteroatoms. The van der Waals surface area contributed by atoms with E-state index in [1.165, 1.54) is 21.3 Å². The number of hydrogen-bond donors (Lipinski definition) is 2. The number of hydrogen-bond acceptors (Lipinski definition) is 5. The maximum atomic E-state index is 9.00. The van der Waals surface area contributed by atoms with Crippen LogP contribution in [0.5, 0.6) is 0 Å². The van der Waals surface area contributed by atoms with Crippen LogP contribution in [0.15, 0.2) is 30.3 Å². The molecule has 21 heavy (non-hydrogen) atoms. The van der Waals surface area contributed by atoms with E-state index in [4.69, 9.17) is 23.7 Å². The number of amides is 2. The molecule has 1 aromatic carbocycles. The summed E-state index contributed by atoms with van der Waals surface area (Å²) in [5, 5.41) is 0. The van der Waals surface area contributed by atoms with Crippen molar-refractivity contribution in [2.75, 3.05) is 21.3 Å². The first-order valence-corrected chi connectivity index (χ1v) is 5.88. The number of carbonyl (C=O) groups excluding carboxylic acids is 1. The molecule has 0 saturated heterocycles. The van der Waals surface area contributed by atoms with Crippen LogP contribution in [0.25, 0.3) is 0 Å². The first kappa shape index (κ1) is 18.7. The highest BCUT2D eigenvalue weighted by molar-refractivity contribution is 5.69. The van der Waals surface area contributed by atoms with Gasteiger partial charge in [0.1, 0.15) is 12.7 Å². The summed E-state index contributed by atoms with van der Waals surface area (Å²) in [6.45, 7) is 0.404. The fraction of sp³-hybridized carbons (Fsp3) is 0.357. The largest absolute Gasteiger partial charge is 0.442 e. The van der Waals surface area contributed by atoms with Crippen LogP contribution in [-0.4, -0.2) is 33.3 Å². The molecule has 1 rings (SSSR count). The number of rotatable bonds is 5. The molecule has 0 atom stereocenters. The highest BCUT2D eigenvalue weighted by atomic mass is 16.9. The van der Waals surface area contributed by atoms with E-state index >= 15 is 0 Å². The average Bonchev–Trinajstić information content (AvgIpc) is 2.49.